The molecule has 2 aromatic heterocycles. The summed E-state index contributed by atoms with van der Waals surface area (Å²) in [6.45, 7) is 5.53. The highest BCUT2D eigenvalue weighted by atomic mass is 16.6. The Hall–Kier alpha value is -2.17. The lowest BCUT2D eigenvalue weighted by Gasteiger charge is -2.19. The molecule has 0 N–H and O–H groups in total. The van der Waals surface area contributed by atoms with Gasteiger partial charge < -0.3 is 9.30 Å². The van der Waals surface area contributed by atoms with Crippen LogP contribution in [0.15, 0.2) is 24.7 Å². The molecule has 100 valence electrons. The van der Waals surface area contributed by atoms with Crippen LogP contribution in [0.25, 0.3) is 10.9 Å². The van der Waals surface area contributed by atoms with E-state index in [1.54, 1.807) is 29.2 Å². The molecule has 2 aromatic rings. The minimum absolute atomic E-state index is 0.0750. The fraction of sp³-hybridized carbons (Fsp3) is 0.357. The smallest absolute Gasteiger partial charge is 0.326 e. The third-order valence-electron chi connectivity index (χ3n) is 2.56. The number of hydrogen-bond donors (Lipinski definition) is 0. The second-order valence-electron chi connectivity index (χ2n) is 5.31. The molecule has 0 spiro atoms. The van der Waals surface area contributed by atoms with Gasteiger partial charge in [0.1, 0.15) is 12.1 Å². The molecule has 2 heterocycles. The van der Waals surface area contributed by atoms with Crippen LogP contribution in [-0.4, -0.2) is 27.4 Å². The number of esters is 1. The van der Waals surface area contributed by atoms with E-state index in [1.807, 2.05) is 20.8 Å². The summed E-state index contributed by atoms with van der Waals surface area (Å²) >= 11 is 0. The minimum atomic E-state index is -0.519. The molecule has 0 unspecified atom stereocenters. The molecular formula is C14H16N2O3. The molecule has 0 aliphatic heterocycles. The zero-order chi connectivity index (χ0) is 14.0. The lowest BCUT2D eigenvalue weighted by molar-refractivity contribution is -0.155. The van der Waals surface area contributed by atoms with Gasteiger partial charge in [0.2, 0.25) is 0 Å². The fourth-order valence-electron chi connectivity index (χ4n) is 1.90. The average Bonchev–Trinajstić information content (AvgIpc) is 2.65. The minimum Gasteiger partial charge on any atom is -0.459 e. The summed E-state index contributed by atoms with van der Waals surface area (Å²) in [6.07, 6.45) is 5.64. The van der Waals surface area contributed by atoms with E-state index in [2.05, 4.69) is 4.98 Å². The Morgan fingerprint density at radius 3 is 2.84 bits per heavy atom. The fourth-order valence-corrected chi connectivity index (χ4v) is 1.90. The van der Waals surface area contributed by atoms with Crippen LogP contribution >= 0.6 is 0 Å². The molecule has 0 saturated heterocycles. The van der Waals surface area contributed by atoms with E-state index < -0.39 is 5.60 Å². The van der Waals surface area contributed by atoms with E-state index in [1.165, 1.54) is 0 Å². The predicted octanol–water partition coefficient (Wildman–Crippen LogP) is 2.19. The van der Waals surface area contributed by atoms with E-state index in [0.29, 0.717) is 5.56 Å². The van der Waals surface area contributed by atoms with Gasteiger partial charge in [-0.25, -0.2) is 0 Å². The van der Waals surface area contributed by atoms with Gasteiger partial charge in [-0.05, 0) is 26.8 Å². The summed E-state index contributed by atoms with van der Waals surface area (Å²) in [5.41, 5.74) is 0.796. The van der Waals surface area contributed by atoms with Gasteiger partial charge in [-0.1, -0.05) is 0 Å². The Morgan fingerprint density at radius 1 is 1.47 bits per heavy atom. The second kappa shape index (κ2) is 4.84. The Balaban J connectivity index is 2.31. The first-order chi connectivity index (χ1) is 8.90. The first kappa shape index (κ1) is 13.3. The van der Waals surface area contributed by atoms with E-state index >= 15 is 0 Å². The Bertz CT molecular complexity index is 623. The van der Waals surface area contributed by atoms with Crippen LogP contribution in [0.2, 0.25) is 0 Å². The van der Waals surface area contributed by atoms with Crippen LogP contribution in [-0.2, 0) is 16.1 Å². The highest BCUT2D eigenvalue weighted by Crippen LogP contribution is 2.19. The van der Waals surface area contributed by atoms with Gasteiger partial charge >= 0.3 is 5.97 Å². The standard InChI is InChI=1S/C14H16N2O3/c1-14(2,3)19-13(18)8-16-7-10(9-17)11-6-15-5-4-12(11)16/h4-7,9H,8H2,1-3H3. The van der Waals surface area contributed by atoms with Crippen LogP contribution in [0, 0.1) is 0 Å². The van der Waals surface area contributed by atoms with Gasteiger partial charge in [-0.3, -0.25) is 14.6 Å². The van der Waals surface area contributed by atoms with Crippen LogP contribution in [0.1, 0.15) is 31.1 Å². The van der Waals surface area contributed by atoms with Crippen molar-refractivity contribution >= 4 is 23.2 Å². The number of rotatable bonds is 3. The molecule has 0 aromatic carbocycles. The molecule has 0 bridgehead atoms. The summed E-state index contributed by atoms with van der Waals surface area (Å²) in [5.74, 6) is -0.335. The van der Waals surface area contributed by atoms with Crippen molar-refractivity contribution in [3.05, 3.63) is 30.2 Å². The van der Waals surface area contributed by atoms with Gasteiger partial charge in [-0.2, -0.15) is 0 Å². The molecule has 5 nitrogen and oxygen atoms in total. The molecule has 2 rings (SSSR count). The Labute approximate surface area is 111 Å². The highest BCUT2D eigenvalue weighted by molar-refractivity contribution is 5.97. The molecule has 0 saturated carbocycles. The summed E-state index contributed by atoms with van der Waals surface area (Å²) in [7, 11) is 0. The van der Waals surface area contributed by atoms with Crippen molar-refractivity contribution in [1.82, 2.24) is 9.55 Å². The maximum atomic E-state index is 11.8. The van der Waals surface area contributed by atoms with E-state index in [9.17, 15) is 9.59 Å². The van der Waals surface area contributed by atoms with Crippen molar-refractivity contribution < 1.29 is 14.3 Å². The molecule has 5 heteroatoms. The van der Waals surface area contributed by atoms with E-state index in [0.717, 1.165) is 17.2 Å². The summed E-state index contributed by atoms with van der Waals surface area (Å²) in [6, 6.07) is 1.77. The van der Waals surface area contributed by atoms with Crippen LogP contribution < -0.4 is 0 Å². The molecule has 0 aliphatic carbocycles. The third kappa shape index (κ3) is 2.99. The highest BCUT2D eigenvalue weighted by Gasteiger charge is 2.18. The van der Waals surface area contributed by atoms with Gasteiger partial charge in [-0.15, -0.1) is 0 Å². The number of ether oxygens (including phenoxy) is 1. The third-order valence-corrected chi connectivity index (χ3v) is 2.56. The lowest BCUT2D eigenvalue weighted by atomic mass is 10.2. The summed E-state index contributed by atoms with van der Waals surface area (Å²) in [4.78, 5) is 26.8. The van der Waals surface area contributed by atoms with Crippen LogP contribution in [0.5, 0.6) is 0 Å². The lowest BCUT2D eigenvalue weighted by Crippen LogP contribution is -2.26. The largest absolute Gasteiger partial charge is 0.459 e. The molecule has 0 radical (unpaired) electrons. The summed E-state index contributed by atoms with van der Waals surface area (Å²) in [5, 5.41) is 0.737. The van der Waals surface area contributed by atoms with Crippen molar-refractivity contribution in [2.75, 3.05) is 0 Å². The SMILES string of the molecule is CC(C)(C)OC(=O)Cn1cc(C=O)c2cnccc21. The Kier molecular flexibility index (Phi) is 3.38. The number of pyridine rings is 1. The zero-order valence-corrected chi connectivity index (χ0v) is 11.2. The van der Waals surface area contributed by atoms with Crippen molar-refractivity contribution in [2.24, 2.45) is 0 Å². The normalized spacial score (nSPS) is 11.5. The average molecular weight is 260 g/mol. The first-order valence-corrected chi connectivity index (χ1v) is 6.00. The number of nitrogens with zero attached hydrogens (tertiary/aromatic N) is 2. The molecule has 0 aliphatic rings. The molecular weight excluding hydrogens is 244 g/mol. The quantitative estimate of drug-likeness (QED) is 0.627. The van der Waals surface area contributed by atoms with Gasteiger partial charge in [0.15, 0.2) is 6.29 Å². The zero-order valence-electron chi connectivity index (χ0n) is 11.2. The van der Waals surface area contributed by atoms with Gasteiger partial charge in [0.25, 0.3) is 0 Å². The van der Waals surface area contributed by atoms with Crippen LogP contribution in [0.3, 0.4) is 0 Å². The number of carbonyl (C=O) groups excluding carboxylic acids is 2. The molecule has 0 atom stereocenters. The number of hydrogen-bond acceptors (Lipinski definition) is 4. The number of fused-ring (bicyclic) bond motifs is 1. The molecule has 19 heavy (non-hydrogen) atoms. The predicted molar refractivity (Wildman–Crippen MR) is 71.0 cm³/mol. The van der Waals surface area contributed by atoms with Gasteiger partial charge in [0.05, 0.1) is 5.52 Å². The topological polar surface area (TPSA) is 61.2 Å². The van der Waals surface area contributed by atoms with Crippen molar-refractivity contribution in [1.29, 1.82) is 0 Å². The Morgan fingerprint density at radius 2 is 2.21 bits per heavy atom. The monoisotopic (exact) mass is 260 g/mol. The van der Waals surface area contributed by atoms with Crippen molar-refractivity contribution in [3.63, 3.8) is 0 Å². The second-order valence-corrected chi connectivity index (χ2v) is 5.31. The van der Waals surface area contributed by atoms with Crippen molar-refractivity contribution in [2.45, 2.75) is 32.9 Å². The summed E-state index contributed by atoms with van der Waals surface area (Å²) < 4.78 is 6.97. The molecule has 0 amide bonds. The maximum Gasteiger partial charge on any atom is 0.326 e. The van der Waals surface area contributed by atoms with E-state index in [4.69, 9.17) is 4.74 Å². The van der Waals surface area contributed by atoms with E-state index in [-0.39, 0.29) is 12.5 Å². The maximum absolute atomic E-state index is 11.8. The number of aromatic nitrogens is 2. The number of aldehydes is 1. The van der Waals surface area contributed by atoms with Crippen LogP contribution in [0.4, 0.5) is 0 Å². The number of carbonyl (C=O) groups is 2. The van der Waals surface area contributed by atoms with Gasteiger partial charge in [0, 0.05) is 29.5 Å². The molecule has 0 fully saturated rings. The van der Waals surface area contributed by atoms with Crippen molar-refractivity contribution in [3.8, 4) is 0 Å². The first-order valence-electron chi connectivity index (χ1n) is 6.00.